The van der Waals surface area contributed by atoms with Crippen LogP contribution < -0.4 is 0 Å². The number of ether oxygens (including phenoxy) is 1. The Kier molecular flexibility index (Phi) is 5.07. The van der Waals surface area contributed by atoms with E-state index in [0.717, 1.165) is 24.0 Å². The van der Waals surface area contributed by atoms with Gasteiger partial charge in [-0.25, -0.2) is 0 Å². The van der Waals surface area contributed by atoms with Crippen LogP contribution in [0.3, 0.4) is 0 Å². The number of hydrogen-bond acceptors (Lipinski definition) is 3. The molecule has 0 aromatic heterocycles. The predicted octanol–water partition coefficient (Wildman–Crippen LogP) is 4.38. The minimum Gasteiger partial charge on any atom is -0.462 e. The Hall–Kier alpha value is -2.13. The molecule has 0 aliphatic carbocycles. The first-order valence-corrected chi connectivity index (χ1v) is 9.74. The Morgan fingerprint density at radius 2 is 1.42 bits per heavy atom. The Bertz CT molecular complexity index is 677. The first-order valence-electron chi connectivity index (χ1n) is 9.74. The summed E-state index contributed by atoms with van der Waals surface area (Å²) < 4.78 is 6.08. The molecule has 2 saturated heterocycles. The molecular formula is C23H27NO2. The molecular weight excluding hydrogens is 322 g/mol. The molecule has 2 unspecified atom stereocenters. The van der Waals surface area contributed by atoms with E-state index in [-0.39, 0.29) is 18.0 Å². The van der Waals surface area contributed by atoms with Gasteiger partial charge >= 0.3 is 5.97 Å². The molecule has 2 aromatic rings. The molecule has 4 rings (SSSR count). The van der Waals surface area contributed by atoms with Crippen LogP contribution in [-0.4, -0.2) is 36.1 Å². The fraction of sp³-hybridized carbons (Fsp3) is 0.435. The largest absolute Gasteiger partial charge is 0.462 e. The molecule has 0 N–H and O–H groups in total. The van der Waals surface area contributed by atoms with Crippen molar-refractivity contribution in [3.8, 4) is 0 Å². The van der Waals surface area contributed by atoms with Gasteiger partial charge in [-0.1, -0.05) is 67.1 Å². The predicted molar refractivity (Wildman–Crippen MR) is 103 cm³/mol. The molecule has 2 heterocycles. The number of benzene rings is 2. The second kappa shape index (κ2) is 7.63. The van der Waals surface area contributed by atoms with Crippen LogP contribution in [0.5, 0.6) is 0 Å². The van der Waals surface area contributed by atoms with Gasteiger partial charge in [0, 0.05) is 12.1 Å². The second-order valence-electron chi connectivity index (χ2n) is 7.69. The van der Waals surface area contributed by atoms with E-state index in [2.05, 4.69) is 11.9 Å². The second-order valence-corrected chi connectivity index (χ2v) is 7.69. The van der Waals surface area contributed by atoms with Crippen LogP contribution in [0.1, 0.15) is 49.1 Å². The summed E-state index contributed by atoms with van der Waals surface area (Å²) in [6, 6.07) is 21.1. The average molecular weight is 349 g/mol. The summed E-state index contributed by atoms with van der Waals surface area (Å²) in [4.78, 5) is 15.7. The molecule has 0 saturated carbocycles. The van der Waals surface area contributed by atoms with Crippen molar-refractivity contribution in [3.05, 3.63) is 71.8 Å². The molecule has 136 valence electrons. The zero-order valence-corrected chi connectivity index (χ0v) is 15.4. The van der Waals surface area contributed by atoms with Crippen molar-refractivity contribution >= 4 is 5.97 Å². The molecule has 0 spiro atoms. The maximum absolute atomic E-state index is 13.2. The van der Waals surface area contributed by atoms with Gasteiger partial charge in [0.1, 0.15) is 12.0 Å². The summed E-state index contributed by atoms with van der Waals surface area (Å²) in [6.07, 6.45) is 5.73. The number of carbonyl (C=O) groups excluding carboxylic acids is 1. The number of hydrogen-bond donors (Lipinski definition) is 0. The summed E-state index contributed by atoms with van der Waals surface area (Å²) in [5.41, 5.74) is 1.99. The Morgan fingerprint density at radius 3 is 1.92 bits per heavy atom. The first kappa shape index (κ1) is 17.3. The minimum absolute atomic E-state index is 0.0453. The van der Waals surface area contributed by atoms with Gasteiger partial charge in [0.15, 0.2) is 0 Å². The summed E-state index contributed by atoms with van der Waals surface area (Å²) in [5, 5.41) is 0. The van der Waals surface area contributed by atoms with Gasteiger partial charge in [-0.15, -0.1) is 0 Å². The average Bonchev–Trinajstić information content (AvgIpc) is 2.65. The van der Waals surface area contributed by atoms with E-state index in [1.807, 2.05) is 60.7 Å². The lowest BCUT2D eigenvalue weighted by molar-refractivity contribution is -0.155. The van der Waals surface area contributed by atoms with Crippen LogP contribution in [0.15, 0.2) is 60.7 Å². The van der Waals surface area contributed by atoms with Crippen molar-refractivity contribution < 1.29 is 9.53 Å². The van der Waals surface area contributed by atoms with Crippen molar-refractivity contribution in [1.82, 2.24) is 4.90 Å². The lowest BCUT2D eigenvalue weighted by Crippen LogP contribution is -2.52. The topological polar surface area (TPSA) is 29.5 Å². The molecule has 2 aromatic carbocycles. The van der Waals surface area contributed by atoms with E-state index in [9.17, 15) is 4.79 Å². The third-order valence-corrected chi connectivity index (χ3v) is 6.08. The quantitative estimate of drug-likeness (QED) is 0.767. The van der Waals surface area contributed by atoms with Crippen molar-refractivity contribution in [3.63, 3.8) is 0 Å². The molecule has 26 heavy (non-hydrogen) atoms. The SMILES string of the molecule is CN1C2CCCC1CC(OC(=O)C(c1ccccc1)c1ccccc1)C2. The van der Waals surface area contributed by atoms with Crippen LogP contribution >= 0.6 is 0 Å². The molecule has 3 nitrogen and oxygen atoms in total. The molecule has 0 radical (unpaired) electrons. The van der Waals surface area contributed by atoms with Gasteiger partial charge in [-0.2, -0.15) is 0 Å². The van der Waals surface area contributed by atoms with E-state index in [1.54, 1.807) is 0 Å². The molecule has 2 fully saturated rings. The number of carbonyl (C=O) groups is 1. The van der Waals surface area contributed by atoms with Crippen molar-refractivity contribution in [2.75, 3.05) is 7.05 Å². The summed E-state index contributed by atoms with van der Waals surface area (Å²) in [7, 11) is 2.23. The maximum Gasteiger partial charge on any atom is 0.318 e. The zero-order valence-electron chi connectivity index (χ0n) is 15.4. The van der Waals surface area contributed by atoms with Gasteiger partial charge in [-0.3, -0.25) is 4.79 Å². The van der Waals surface area contributed by atoms with E-state index >= 15 is 0 Å². The highest BCUT2D eigenvalue weighted by Crippen LogP contribution is 2.35. The van der Waals surface area contributed by atoms with E-state index in [4.69, 9.17) is 4.74 Å². The van der Waals surface area contributed by atoms with E-state index in [1.165, 1.54) is 19.3 Å². The molecule has 0 amide bonds. The van der Waals surface area contributed by atoms with Crippen LogP contribution in [0.2, 0.25) is 0 Å². The highest BCUT2D eigenvalue weighted by Gasteiger charge is 2.38. The number of piperidine rings is 2. The van der Waals surface area contributed by atoms with Crippen LogP contribution in [0, 0.1) is 0 Å². The van der Waals surface area contributed by atoms with Crippen molar-refractivity contribution in [1.29, 1.82) is 0 Å². The standard InChI is InChI=1S/C23H27NO2/c1-24-19-13-8-14-20(24)16-21(15-19)26-23(25)22(17-9-4-2-5-10-17)18-11-6-3-7-12-18/h2-7,9-12,19-22H,8,13-16H2,1H3. The molecule has 2 atom stereocenters. The zero-order chi connectivity index (χ0) is 17.9. The third kappa shape index (κ3) is 3.54. The Balaban J connectivity index is 1.54. The van der Waals surface area contributed by atoms with Gasteiger partial charge in [0.25, 0.3) is 0 Å². The monoisotopic (exact) mass is 349 g/mol. The number of fused-ring (bicyclic) bond motifs is 2. The maximum atomic E-state index is 13.2. The van der Waals surface area contributed by atoms with Gasteiger partial charge < -0.3 is 9.64 Å². The lowest BCUT2D eigenvalue weighted by Gasteiger charge is -2.46. The minimum atomic E-state index is -0.350. The van der Waals surface area contributed by atoms with E-state index in [0.29, 0.717) is 12.1 Å². The normalized spacial score (nSPS) is 25.8. The Morgan fingerprint density at radius 1 is 0.923 bits per heavy atom. The highest BCUT2D eigenvalue weighted by atomic mass is 16.5. The summed E-state index contributed by atoms with van der Waals surface area (Å²) in [5.74, 6) is -0.466. The van der Waals surface area contributed by atoms with Crippen LogP contribution in [0.4, 0.5) is 0 Å². The summed E-state index contributed by atoms with van der Waals surface area (Å²) in [6.45, 7) is 0. The molecule has 2 aliphatic heterocycles. The fourth-order valence-corrected chi connectivity index (χ4v) is 4.65. The van der Waals surface area contributed by atoms with Crippen LogP contribution in [-0.2, 0) is 9.53 Å². The first-order chi connectivity index (χ1) is 12.7. The number of esters is 1. The number of nitrogens with zero attached hydrogens (tertiary/aromatic N) is 1. The highest BCUT2D eigenvalue weighted by molar-refractivity contribution is 5.82. The van der Waals surface area contributed by atoms with Crippen molar-refractivity contribution in [2.45, 2.75) is 56.2 Å². The van der Waals surface area contributed by atoms with Gasteiger partial charge in [-0.05, 0) is 43.9 Å². The van der Waals surface area contributed by atoms with E-state index < -0.39 is 0 Å². The Labute approximate surface area is 156 Å². The molecule has 3 heteroatoms. The molecule has 2 bridgehead atoms. The lowest BCUT2D eigenvalue weighted by atomic mass is 9.83. The van der Waals surface area contributed by atoms with Gasteiger partial charge in [0.05, 0.1) is 0 Å². The summed E-state index contributed by atoms with van der Waals surface area (Å²) >= 11 is 0. The van der Waals surface area contributed by atoms with Crippen LogP contribution in [0.25, 0.3) is 0 Å². The fourth-order valence-electron chi connectivity index (χ4n) is 4.65. The smallest absolute Gasteiger partial charge is 0.318 e. The van der Waals surface area contributed by atoms with Gasteiger partial charge in [0.2, 0.25) is 0 Å². The third-order valence-electron chi connectivity index (χ3n) is 6.08. The molecule has 2 aliphatic rings. The number of rotatable bonds is 4. The van der Waals surface area contributed by atoms with Crippen molar-refractivity contribution in [2.24, 2.45) is 0 Å².